The maximum absolute atomic E-state index is 12.8. The molecule has 1 heterocycles. The van der Waals surface area contributed by atoms with Crippen LogP contribution in [0.25, 0.3) is 0 Å². The molecule has 0 saturated heterocycles. The van der Waals surface area contributed by atoms with Gasteiger partial charge in [0, 0.05) is 16.8 Å². The van der Waals surface area contributed by atoms with Gasteiger partial charge in [-0.15, -0.1) is 11.3 Å². The molecule has 142 valence electrons. The number of aryl methyl sites for hydroxylation is 1. The third kappa shape index (κ3) is 4.33. The molecule has 0 spiro atoms. The Morgan fingerprint density at radius 3 is 2.38 bits per heavy atom. The number of ether oxygens (including phenoxy) is 1. The van der Waals surface area contributed by atoms with Crippen LogP contribution < -0.4 is 10.4 Å². The summed E-state index contributed by atoms with van der Waals surface area (Å²) in [6.07, 6.45) is 2.38. The van der Waals surface area contributed by atoms with Gasteiger partial charge in [0.05, 0.1) is 18.6 Å². The zero-order valence-electron chi connectivity index (χ0n) is 15.5. The molecule has 0 bridgehead atoms. The van der Waals surface area contributed by atoms with Crippen LogP contribution in [0.15, 0.2) is 17.2 Å². The molecule has 2 rings (SSSR count). The summed E-state index contributed by atoms with van der Waals surface area (Å²) in [6, 6.07) is 1.72. The Morgan fingerprint density at radius 2 is 1.85 bits per heavy atom. The molecule has 0 radical (unpaired) electrons. The van der Waals surface area contributed by atoms with E-state index in [1.807, 2.05) is 20.8 Å². The summed E-state index contributed by atoms with van der Waals surface area (Å²) < 4.78 is 4.79. The summed E-state index contributed by atoms with van der Waals surface area (Å²) in [5.41, 5.74) is 2.31. The molecule has 7 heteroatoms. The number of hydrogen-bond acceptors (Lipinski definition) is 6. The summed E-state index contributed by atoms with van der Waals surface area (Å²) in [5.74, 6) is -3.73. The van der Waals surface area contributed by atoms with Gasteiger partial charge in [-0.05, 0) is 39.2 Å². The van der Waals surface area contributed by atoms with Gasteiger partial charge in [0.2, 0.25) is 5.91 Å². The Hall–Kier alpha value is -2.15. The molecule has 0 fully saturated rings. The number of esters is 1. The summed E-state index contributed by atoms with van der Waals surface area (Å²) in [7, 11) is 1.29. The molecule has 26 heavy (non-hydrogen) atoms. The number of carboxylic acid groups (broad SMARTS) is 1. The highest BCUT2D eigenvalue weighted by molar-refractivity contribution is 7.16. The number of anilines is 1. The quantitative estimate of drug-likeness (QED) is 0.606. The second-order valence-electron chi connectivity index (χ2n) is 6.69. The lowest BCUT2D eigenvalue weighted by Gasteiger charge is -2.32. The van der Waals surface area contributed by atoms with Crippen molar-refractivity contribution in [1.82, 2.24) is 0 Å². The second-order valence-corrected chi connectivity index (χ2v) is 7.82. The van der Waals surface area contributed by atoms with Crippen LogP contribution in [0, 0.1) is 11.8 Å². The average molecular weight is 378 g/mol. The van der Waals surface area contributed by atoms with Gasteiger partial charge in [-0.1, -0.05) is 24.5 Å². The lowest BCUT2D eigenvalue weighted by atomic mass is 9.76. The van der Waals surface area contributed by atoms with E-state index in [9.17, 15) is 19.5 Å². The maximum atomic E-state index is 12.8. The van der Waals surface area contributed by atoms with Gasteiger partial charge in [-0.2, -0.15) is 0 Å². The molecule has 2 atom stereocenters. The van der Waals surface area contributed by atoms with Crippen molar-refractivity contribution in [2.75, 3.05) is 12.4 Å². The molecular formula is C19H24NO5S-. The van der Waals surface area contributed by atoms with Crippen molar-refractivity contribution in [3.8, 4) is 0 Å². The highest BCUT2D eigenvalue weighted by Crippen LogP contribution is 2.36. The minimum Gasteiger partial charge on any atom is -0.550 e. The number of thiophene rings is 1. The standard InChI is InChI=1S/C19H25NO5S/c1-5-6-12-9-15(19(24)25-4)17(26-12)20-16(21)13-7-10(2)11(3)8-14(13)18(22)23/h9,13-14H,5-8H2,1-4H3,(H,20,21)(H,22,23)/p-1/t13-,14-/m0/s1. The van der Waals surface area contributed by atoms with Crippen LogP contribution >= 0.6 is 11.3 Å². The molecule has 1 aliphatic rings. The second kappa shape index (κ2) is 8.49. The summed E-state index contributed by atoms with van der Waals surface area (Å²) in [5, 5.41) is 14.7. The van der Waals surface area contributed by atoms with Crippen molar-refractivity contribution in [3.63, 3.8) is 0 Å². The summed E-state index contributed by atoms with van der Waals surface area (Å²) >= 11 is 1.32. The molecule has 1 aliphatic carbocycles. The van der Waals surface area contributed by atoms with Crippen molar-refractivity contribution >= 4 is 34.2 Å². The molecular weight excluding hydrogens is 354 g/mol. The minimum atomic E-state index is -1.22. The largest absolute Gasteiger partial charge is 0.550 e. The number of hydrogen-bond donors (Lipinski definition) is 1. The van der Waals surface area contributed by atoms with E-state index in [0.29, 0.717) is 23.4 Å². The zero-order valence-corrected chi connectivity index (χ0v) is 16.3. The third-order valence-corrected chi connectivity index (χ3v) is 5.94. The fourth-order valence-corrected chi connectivity index (χ4v) is 4.34. The van der Waals surface area contributed by atoms with Crippen LogP contribution in [-0.2, 0) is 20.7 Å². The Morgan fingerprint density at radius 1 is 1.23 bits per heavy atom. The monoisotopic (exact) mass is 378 g/mol. The number of methoxy groups -OCH3 is 1. The third-order valence-electron chi connectivity index (χ3n) is 4.83. The number of carbonyl (C=O) groups excluding carboxylic acids is 3. The predicted octanol–water partition coefficient (Wildman–Crippen LogP) is 2.54. The first kappa shape index (κ1) is 20.2. The van der Waals surface area contributed by atoms with E-state index in [0.717, 1.165) is 28.9 Å². The number of carboxylic acids is 1. The van der Waals surface area contributed by atoms with E-state index >= 15 is 0 Å². The molecule has 1 N–H and O–H groups in total. The molecule has 1 amide bonds. The Balaban J connectivity index is 2.28. The smallest absolute Gasteiger partial charge is 0.340 e. The average Bonchev–Trinajstić information content (AvgIpc) is 2.98. The number of allylic oxidation sites excluding steroid dienone is 2. The van der Waals surface area contributed by atoms with Crippen LogP contribution in [-0.4, -0.2) is 25.0 Å². The van der Waals surface area contributed by atoms with Gasteiger partial charge in [0.1, 0.15) is 5.00 Å². The van der Waals surface area contributed by atoms with Crippen molar-refractivity contribution in [1.29, 1.82) is 0 Å². The van der Waals surface area contributed by atoms with Gasteiger partial charge in [0.25, 0.3) is 0 Å². The van der Waals surface area contributed by atoms with Gasteiger partial charge in [-0.3, -0.25) is 4.79 Å². The first-order valence-electron chi connectivity index (χ1n) is 8.66. The van der Waals surface area contributed by atoms with Crippen molar-refractivity contribution < 1.29 is 24.2 Å². The molecule has 0 aromatic carbocycles. The van der Waals surface area contributed by atoms with Gasteiger partial charge >= 0.3 is 5.97 Å². The molecule has 1 aromatic rings. The van der Waals surface area contributed by atoms with E-state index in [1.165, 1.54) is 18.4 Å². The predicted molar refractivity (Wildman–Crippen MR) is 97.9 cm³/mol. The first-order valence-corrected chi connectivity index (χ1v) is 9.48. The van der Waals surface area contributed by atoms with Crippen molar-refractivity contribution in [2.45, 2.75) is 46.5 Å². The van der Waals surface area contributed by atoms with E-state index < -0.39 is 29.7 Å². The van der Waals surface area contributed by atoms with Gasteiger partial charge in [-0.25, -0.2) is 4.79 Å². The van der Waals surface area contributed by atoms with E-state index in [2.05, 4.69) is 5.32 Å². The highest BCUT2D eigenvalue weighted by atomic mass is 32.1. The fourth-order valence-electron chi connectivity index (χ4n) is 3.19. The molecule has 0 aliphatic heterocycles. The van der Waals surface area contributed by atoms with E-state index in [-0.39, 0.29) is 0 Å². The van der Waals surface area contributed by atoms with Gasteiger partial charge in [0.15, 0.2) is 0 Å². The van der Waals surface area contributed by atoms with E-state index in [1.54, 1.807) is 6.07 Å². The highest BCUT2D eigenvalue weighted by Gasteiger charge is 2.34. The first-order chi connectivity index (χ1) is 12.3. The summed E-state index contributed by atoms with van der Waals surface area (Å²) in [6.45, 7) is 5.82. The number of aliphatic carboxylic acids is 1. The topological polar surface area (TPSA) is 95.5 Å². The molecule has 1 aromatic heterocycles. The van der Waals surface area contributed by atoms with Crippen LogP contribution in [0.1, 0.15) is 55.3 Å². The van der Waals surface area contributed by atoms with Crippen LogP contribution in [0.2, 0.25) is 0 Å². The Labute approximate surface area is 157 Å². The van der Waals surface area contributed by atoms with Crippen LogP contribution in [0.4, 0.5) is 5.00 Å². The van der Waals surface area contributed by atoms with E-state index in [4.69, 9.17) is 4.74 Å². The molecule has 0 saturated carbocycles. The van der Waals surface area contributed by atoms with Crippen LogP contribution in [0.3, 0.4) is 0 Å². The lowest BCUT2D eigenvalue weighted by molar-refractivity contribution is -0.313. The van der Waals surface area contributed by atoms with Crippen molar-refractivity contribution in [3.05, 3.63) is 27.7 Å². The normalized spacial score (nSPS) is 20.0. The SMILES string of the molecule is CCCc1cc(C(=O)OC)c(NC(=O)[C@H]2CC(C)=C(C)C[C@@H]2C(=O)[O-])s1. The number of rotatable bonds is 6. The summed E-state index contributed by atoms with van der Waals surface area (Å²) in [4.78, 5) is 37.3. The zero-order chi connectivity index (χ0) is 19.4. The molecule has 6 nitrogen and oxygen atoms in total. The molecule has 0 unspecified atom stereocenters. The number of amides is 1. The Bertz CT molecular complexity index is 749. The maximum Gasteiger partial charge on any atom is 0.340 e. The fraction of sp³-hybridized carbons (Fsp3) is 0.526. The van der Waals surface area contributed by atoms with Crippen LogP contribution in [0.5, 0.6) is 0 Å². The van der Waals surface area contributed by atoms with Gasteiger partial charge < -0.3 is 20.0 Å². The number of nitrogens with one attached hydrogen (secondary N) is 1. The lowest BCUT2D eigenvalue weighted by Crippen LogP contribution is -2.42. The van der Waals surface area contributed by atoms with Crippen molar-refractivity contribution in [2.24, 2.45) is 11.8 Å². The minimum absolute atomic E-state index is 0.304. The Kier molecular flexibility index (Phi) is 6.58. The number of carbonyl (C=O) groups is 3.